The van der Waals surface area contributed by atoms with Crippen molar-refractivity contribution in [2.24, 2.45) is 5.73 Å². The molecule has 0 amide bonds. The summed E-state index contributed by atoms with van der Waals surface area (Å²) in [5, 5.41) is 8.34. The van der Waals surface area contributed by atoms with Gasteiger partial charge in [0, 0.05) is 6.54 Å². The molecule has 0 saturated heterocycles. The van der Waals surface area contributed by atoms with Gasteiger partial charge in [0.2, 0.25) is 0 Å². The van der Waals surface area contributed by atoms with Gasteiger partial charge in [-0.1, -0.05) is 11.6 Å². The summed E-state index contributed by atoms with van der Waals surface area (Å²) in [5.41, 5.74) is 4.97. The minimum atomic E-state index is -2.74. The number of halogens is 3. The third-order valence-corrected chi connectivity index (χ3v) is 1.92. The third-order valence-electron chi connectivity index (χ3n) is 1.64. The molecule has 0 atom stereocenters. The maximum Gasteiger partial charge on any atom is 0.280 e. The molecule has 0 aliphatic heterocycles. The molecule has 0 fully saturated rings. The lowest BCUT2D eigenvalue weighted by atomic mass is 10.1. The van der Waals surface area contributed by atoms with E-state index in [1.807, 2.05) is 0 Å². The molecule has 0 aliphatic rings. The van der Waals surface area contributed by atoms with E-state index in [0.717, 1.165) is 0 Å². The molecule has 0 bridgehead atoms. The van der Waals surface area contributed by atoms with Gasteiger partial charge in [0.05, 0.1) is 5.56 Å². The van der Waals surface area contributed by atoms with E-state index in [0.29, 0.717) is 0 Å². The number of hydrogen-bond donors (Lipinski definition) is 1. The summed E-state index contributed by atoms with van der Waals surface area (Å²) >= 11 is 5.49. The molecule has 1 heterocycles. The Bertz CT molecular complexity index is 387. The molecule has 74 valence electrons. The van der Waals surface area contributed by atoms with Crippen LogP contribution in [0.2, 0.25) is 5.15 Å². The van der Waals surface area contributed by atoms with Gasteiger partial charge in [-0.2, -0.15) is 5.26 Å². The van der Waals surface area contributed by atoms with Crippen LogP contribution in [0.3, 0.4) is 0 Å². The summed E-state index contributed by atoms with van der Waals surface area (Å²) in [5.74, 6) is 0. The molecule has 1 aromatic rings. The highest BCUT2D eigenvalue weighted by Crippen LogP contribution is 2.24. The van der Waals surface area contributed by atoms with E-state index in [-0.39, 0.29) is 22.8 Å². The van der Waals surface area contributed by atoms with Gasteiger partial charge < -0.3 is 5.73 Å². The van der Waals surface area contributed by atoms with Gasteiger partial charge in [0.1, 0.15) is 16.9 Å². The molecule has 6 heteroatoms. The Labute approximate surface area is 84.1 Å². The maximum atomic E-state index is 12.4. The second kappa shape index (κ2) is 4.31. The molecule has 1 rings (SSSR count). The number of pyridine rings is 1. The topological polar surface area (TPSA) is 62.7 Å². The largest absolute Gasteiger partial charge is 0.326 e. The monoisotopic (exact) mass is 217 g/mol. The molecular weight excluding hydrogens is 212 g/mol. The van der Waals surface area contributed by atoms with E-state index in [4.69, 9.17) is 22.6 Å². The number of hydrogen-bond acceptors (Lipinski definition) is 3. The number of nitrogens with zero attached hydrogens (tertiary/aromatic N) is 2. The summed E-state index contributed by atoms with van der Waals surface area (Å²) in [6.45, 7) is -0.0987. The molecule has 14 heavy (non-hydrogen) atoms. The standard InChI is InChI=1S/C8H6ClF2N3/c9-7-5(3-13)1-4(2-12)6(14-7)8(10)11/h1,8H,2,12H2. The zero-order valence-corrected chi connectivity index (χ0v) is 7.72. The molecule has 2 N–H and O–H groups in total. The Morgan fingerprint density at radius 3 is 2.71 bits per heavy atom. The van der Waals surface area contributed by atoms with E-state index in [9.17, 15) is 8.78 Å². The van der Waals surface area contributed by atoms with Gasteiger partial charge in [0.25, 0.3) is 6.43 Å². The molecule has 0 aliphatic carbocycles. The first-order valence-corrected chi connectivity index (χ1v) is 4.05. The van der Waals surface area contributed by atoms with E-state index >= 15 is 0 Å². The van der Waals surface area contributed by atoms with Gasteiger partial charge in [0.15, 0.2) is 0 Å². The fourth-order valence-corrected chi connectivity index (χ4v) is 1.16. The minimum Gasteiger partial charge on any atom is -0.326 e. The average molecular weight is 218 g/mol. The summed E-state index contributed by atoms with van der Waals surface area (Å²) in [7, 11) is 0. The lowest BCUT2D eigenvalue weighted by Crippen LogP contribution is -2.05. The van der Waals surface area contributed by atoms with Crippen molar-refractivity contribution >= 4 is 11.6 Å². The van der Waals surface area contributed by atoms with Crippen molar-refractivity contribution in [1.82, 2.24) is 4.98 Å². The fraction of sp³-hybridized carbons (Fsp3) is 0.250. The quantitative estimate of drug-likeness (QED) is 0.771. The number of nitriles is 1. The molecule has 0 aromatic carbocycles. The van der Waals surface area contributed by atoms with Crippen LogP contribution in [0, 0.1) is 11.3 Å². The van der Waals surface area contributed by atoms with Crippen molar-refractivity contribution < 1.29 is 8.78 Å². The highest BCUT2D eigenvalue weighted by Gasteiger charge is 2.16. The Balaban J connectivity index is 3.33. The van der Waals surface area contributed by atoms with Gasteiger partial charge in [-0.05, 0) is 11.6 Å². The first-order chi connectivity index (χ1) is 6.60. The number of rotatable bonds is 2. The maximum absolute atomic E-state index is 12.4. The van der Waals surface area contributed by atoms with Crippen LogP contribution in [-0.4, -0.2) is 4.98 Å². The van der Waals surface area contributed by atoms with E-state index in [1.54, 1.807) is 6.07 Å². The molecule has 0 radical (unpaired) electrons. The van der Waals surface area contributed by atoms with Crippen molar-refractivity contribution in [2.45, 2.75) is 13.0 Å². The van der Waals surface area contributed by atoms with Gasteiger partial charge >= 0.3 is 0 Å². The molecule has 0 unspecified atom stereocenters. The third kappa shape index (κ3) is 1.97. The second-order valence-electron chi connectivity index (χ2n) is 2.49. The van der Waals surface area contributed by atoms with Crippen LogP contribution in [0.15, 0.2) is 6.07 Å². The second-order valence-corrected chi connectivity index (χ2v) is 2.85. The predicted molar refractivity (Wildman–Crippen MR) is 46.8 cm³/mol. The summed E-state index contributed by atoms with van der Waals surface area (Å²) in [6, 6.07) is 2.97. The predicted octanol–water partition coefficient (Wildman–Crippen LogP) is 2.00. The lowest BCUT2D eigenvalue weighted by Gasteiger charge is -2.06. The van der Waals surface area contributed by atoms with Crippen LogP contribution in [0.1, 0.15) is 23.2 Å². The first kappa shape index (κ1) is 10.8. The Morgan fingerprint density at radius 1 is 1.64 bits per heavy atom. The van der Waals surface area contributed by atoms with Gasteiger partial charge in [-0.3, -0.25) is 0 Å². The zero-order chi connectivity index (χ0) is 10.7. The number of aromatic nitrogens is 1. The van der Waals surface area contributed by atoms with Crippen molar-refractivity contribution in [3.8, 4) is 6.07 Å². The van der Waals surface area contributed by atoms with Crippen molar-refractivity contribution in [3.05, 3.63) is 28.0 Å². The van der Waals surface area contributed by atoms with Crippen LogP contribution < -0.4 is 5.73 Å². The number of alkyl halides is 2. The molecular formula is C8H6ClF2N3. The zero-order valence-electron chi connectivity index (χ0n) is 6.97. The highest BCUT2D eigenvalue weighted by molar-refractivity contribution is 6.30. The molecule has 1 aromatic heterocycles. The van der Waals surface area contributed by atoms with Gasteiger partial charge in [-0.15, -0.1) is 0 Å². The summed E-state index contributed by atoms with van der Waals surface area (Å²) in [4.78, 5) is 3.43. The van der Waals surface area contributed by atoms with Crippen molar-refractivity contribution in [2.75, 3.05) is 0 Å². The van der Waals surface area contributed by atoms with Crippen LogP contribution >= 0.6 is 11.6 Å². The Hall–Kier alpha value is -1.25. The smallest absolute Gasteiger partial charge is 0.280 e. The van der Waals surface area contributed by atoms with E-state index in [1.165, 1.54) is 6.07 Å². The minimum absolute atomic E-state index is 0.0523. The van der Waals surface area contributed by atoms with E-state index < -0.39 is 12.1 Å². The summed E-state index contributed by atoms with van der Waals surface area (Å²) in [6.07, 6.45) is -2.74. The average Bonchev–Trinajstić information content (AvgIpc) is 2.17. The van der Waals surface area contributed by atoms with Crippen molar-refractivity contribution in [1.29, 1.82) is 5.26 Å². The van der Waals surface area contributed by atoms with Crippen LogP contribution in [-0.2, 0) is 6.54 Å². The molecule has 0 spiro atoms. The first-order valence-electron chi connectivity index (χ1n) is 3.67. The van der Waals surface area contributed by atoms with E-state index in [2.05, 4.69) is 4.98 Å². The van der Waals surface area contributed by atoms with Crippen LogP contribution in [0.4, 0.5) is 8.78 Å². The highest BCUT2D eigenvalue weighted by atomic mass is 35.5. The van der Waals surface area contributed by atoms with Crippen LogP contribution in [0.25, 0.3) is 0 Å². The Morgan fingerprint density at radius 2 is 2.29 bits per heavy atom. The normalized spacial score (nSPS) is 10.3. The van der Waals surface area contributed by atoms with Crippen LogP contribution in [0.5, 0.6) is 0 Å². The summed E-state index contributed by atoms with van der Waals surface area (Å²) < 4.78 is 24.7. The van der Waals surface area contributed by atoms with Crippen molar-refractivity contribution in [3.63, 3.8) is 0 Å². The SMILES string of the molecule is N#Cc1cc(CN)c(C(F)F)nc1Cl. The molecule has 3 nitrogen and oxygen atoms in total. The number of nitrogens with two attached hydrogens (primary N) is 1. The molecule has 0 saturated carbocycles. The lowest BCUT2D eigenvalue weighted by molar-refractivity contribution is 0.145. The van der Waals surface area contributed by atoms with Gasteiger partial charge in [-0.25, -0.2) is 13.8 Å². The Kier molecular flexibility index (Phi) is 3.33. The fourth-order valence-electron chi connectivity index (χ4n) is 0.976.